The minimum atomic E-state index is -3.48. The Morgan fingerprint density at radius 2 is 1.97 bits per heavy atom. The van der Waals surface area contributed by atoms with Gasteiger partial charge in [-0.2, -0.15) is 4.31 Å². The minimum absolute atomic E-state index is 0.0693. The van der Waals surface area contributed by atoms with Gasteiger partial charge < -0.3 is 9.15 Å². The second-order valence-corrected chi connectivity index (χ2v) is 10.4. The van der Waals surface area contributed by atoms with Gasteiger partial charge in [-0.15, -0.1) is 11.3 Å². The van der Waals surface area contributed by atoms with Crippen LogP contribution in [0.15, 0.2) is 56.6 Å². The zero-order chi connectivity index (χ0) is 21.1. The van der Waals surface area contributed by atoms with E-state index in [-0.39, 0.29) is 18.5 Å². The number of aromatic nitrogens is 1. The fourth-order valence-corrected chi connectivity index (χ4v) is 5.98. The number of halogens is 1. The fourth-order valence-electron chi connectivity index (χ4n) is 3.24. The van der Waals surface area contributed by atoms with Gasteiger partial charge in [-0.05, 0) is 48.6 Å². The number of hydrogen-bond donors (Lipinski definition) is 0. The predicted octanol–water partition coefficient (Wildman–Crippen LogP) is 4.20. The number of carbonyl (C=O) groups is 1. The molecule has 0 saturated carbocycles. The van der Waals surface area contributed by atoms with Gasteiger partial charge in [0.05, 0.1) is 12.1 Å². The molecular weight excluding hydrogens is 448 g/mol. The first-order valence-electron chi connectivity index (χ1n) is 9.34. The van der Waals surface area contributed by atoms with Crippen molar-refractivity contribution < 1.29 is 22.4 Å². The zero-order valence-corrected chi connectivity index (χ0v) is 18.3. The van der Waals surface area contributed by atoms with Crippen molar-refractivity contribution in [1.29, 1.82) is 0 Å². The molecule has 4 rings (SSSR count). The molecule has 2 aromatic heterocycles. The smallest absolute Gasteiger partial charge is 0.309 e. The number of oxazole rings is 1. The molecule has 1 aromatic carbocycles. The summed E-state index contributed by atoms with van der Waals surface area (Å²) < 4.78 is 37.9. The number of esters is 1. The molecule has 1 aliphatic heterocycles. The van der Waals surface area contributed by atoms with E-state index in [2.05, 4.69) is 4.98 Å². The van der Waals surface area contributed by atoms with E-state index >= 15 is 0 Å². The maximum Gasteiger partial charge on any atom is 0.309 e. The quantitative estimate of drug-likeness (QED) is 0.506. The van der Waals surface area contributed by atoms with Crippen molar-refractivity contribution in [3.05, 3.63) is 58.9 Å². The van der Waals surface area contributed by atoms with E-state index in [0.29, 0.717) is 46.8 Å². The lowest BCUT2D eigenvalue weighted by atomic mass is 9.98. The van der Waals surface area contributed by atoms with E-state index in [1.807, 2.05) is 12.1 Å². The fraction of sp³-hybridized carbons (Fsp3) is 0.300. The molecule has 0 N–H and O–H groups in total. The third-order valence-corrected chi connectivity index (χ3v) is 8.42. The summed E-state index contributed by atoms with van der Waals surface area (Å²) in [5, 5.41) is 2.36. The molecular formula is C20H19ClN2O5S2. The number of nitrogens with zero attached hydrogens (tertiary/aromatic N) is 2. The Balaban J connectivity index is 1.29. The van der Waals surface area contributed by atoms with Crippen molar-refractivity contribution >= 4 is 38.9 Å². The molecule has 1 fully saturated rings. The summed E-state index contributed by atoms with van der Waals surface area (Å²) in [5.74, 6) is 0.149. The van der Waals surface area contributed by atoms with E-state index in [0.717, 1.165) is 5.56 Å². The lowest BCUT2D eigenvalue weighted by Gasteiger charge is -2.29. The molecule has 3 aromatic rings. The van der Waals surface area contributed by atoms with Crippen LogP contribution in [-0.2, 0) is 26.2 Å². The first kappa shape index (κ1) is 21.0. The Kier molecular flexibility index (Phi) is 6.24. The third kappa shape index (κ3) is 4.59. The van der Waals surface area contributed by atoms with E-state index in [1.54, 1.807) is 35.8 Å². The van der Waals surface area contributed by atoms with Crippen LogP contribution >= 0.6 is 22.9 Å². The summed E-state index contributed by atoms with van der Waals surface area (Å²) in [6.07, 6.45) is 2.41. The summed E-state index contributed by atoms with van der Waals surface area (Å²) in [7, 11) is -3.48. The van der Waals surface area contributed by atoms with Crippen molar-refractivity contribution in [2.24, 2.45) is 5.92 Å². The zero-order valence-electron chi connectivity index (χ0n) is 15.9. The number of benzene rings is 1. The Morgan fingerprint density at radius 3 is 2.63 bits per heavy atom. The molecule has 0 bridgehead atoms. The molecule has 158 valence electrons. The third-order valence-electron chi connectivity index (χ3n) is 4.90. The maximum atomic E-state index is 12.6. The summed E-state index contributed by atoms with van der Waals surface area (Å²) in [5.41, 5.74) is 0.823. The Bertz CT molecular complexity index is 1100. The van der Waals surface area contributed by atoms with Gasteiger partial charge in [0.2, 0.25) is 5.89 Å². The molecule has 0 atom stereocenters. The van der Waals surface area contributed by atoms with Gasteiger partial charge in [0.25, 0.3) is 10.0 Å². The average Bonchev–Trinajstić information content (AvgIpc) is 3.45. The topological polar surface area (TPSA) is 89.7 Å². The average molecular weight is 467 g/mol. The summed E-state index contributed by atoms with van der Waals surface area (Å²) in [6.45, 7) is 0.513. The van der Waals surface area contributed by atoms with E-state index in [4.69, 9.17) is 20.8 Å². The highest BCUT2D eigenvalue weighted by Gasteiger charge is 2.33. The Hall–Kier alpha value is -2.20. The summed E-state index contributed by atoms with van der Waals surface area (Å²) in [6, 6.07) is 10.4. The predicted molar refractivity (Wildman–Crippen MR) is 113 cm³/mol. The van der Waals surface area contributed by atoms with Gasteiger partial charge in [-0.25, -0.2) is 13.4 Å². The van der Waals surface area contributed by atoms with Gasteiger partial charge >= 0.3 is 5.97 Å². The highest BCUT2D eigenvalue weighted by molar-refractivity contribution is 7.91. The van der Waals surface area contributed by atoms with Crippen molar-refractivity contribution in [3.8, 4) is 11.3 Å². The molecule has 0 amide bonds. The summed E-state index contributed by atoms with van der Waals surface area (Å²) in [4.78, 5) is 16.5. The largest absolute Gasteiger partial charge is 0.455 e. The molecule has 3 heterocycles. The van der Waals surface area contributed by atoms with Crippen LogP contribution in [0.3, 0.4) is 0 Å². The van der Waals surface area contributed by atoms with Gasteiger partial charge in [0.15, 0.2) is 12.4 Å². The molecule has 0 aliphatic carbocycles. The van der Waals surface area contributed by atoms with Crippen LogP contribution in [0.25, 0.3) is 11.3 Å². The maximum absolute atomic E-state index is 12.6. The van der Waals surface area contributed by atoms with Crippen LogP contribution in [-0.4, -0.2) is 36.8 Å². The molecule has 30 heavy (non-hydrogen) atoms. The normalized spacial score (nSPS) is 15.9. The number of sulfonamides is 1. The first-order valence-corrected chi connectivity index (χ1v) is 12.0. The number of thiophene rings is 1. The SMILES string of the molecule is O=C(OCc1ncc(-c2ccc(Cl)cc2)o1)C1CCN(S(=O)(=O)c2cccs2)CC1. The van der Waals surface area contributed by atoms with Crippen LogP contribution in [0, 0.1) is 5.92 Å². The molecule has 1 aliphatic rings. The second kappa shape index (κ2) is 8.89. The standard InChI is InChI=1S/C20H19ClN2O5S2/c21-16-5-3-14(4-6-16)17-12-22-18(28-17)13-27-20(24)15-7-9-23(10-8-15)30(25,26)19-2-1-11-29-19/h1-6,11-12,15H,7-10,13H2. The van der Waals surface area contributed by atoms with E-state index < -0.39 is 10.0 Å². The van der Waals surface area contributed by atoms with Crippen LogP contribution in [0.4, 0.5) is 0 Å². The number of piperidine rings is 1. The molecule has 0 radical (unpaired) electrons. The van der Waals surface area contributed by atoms with Crippen LogP contribution < -0.4 is 0 Å². The van der Waals surface area contributed by atoms with Gasteiger partial charge in [-0.3, -0.25) is 4.79 Å². The van der Waals surface area contributed by atoms with Crippen molar-refractivity contribution in [2.45, 2.75) is 23.7 Å². The monoisotopic (exact) mass is 466 g/mol. The molecule has 1 saturated heterocycles. The number of rotatable bonds is 6. The first-order chi connectivity index (χ1) is 14.4. The lowest BCUT2D eigenvalue weighted by Crippen LogP contribution is -2.40. The minimum Gasteiger partial charge on any atom is -0.455 e. The highest BCUT2D eigenvalue weighted by Crippen LogP contribution is 2.27. The molecule has 10 heteroatoms. The lowest BCUT2D eigenvalue weighted by molar-refractivity contribution is -0.151. The molecule has 7 nitrogen and oxygen atoms in total. The van der Waals surface area contributed by atoms with E-state index in [9.17, 15) is 13.2 Å². The molecule has 0 unspecified atom stereocenters. The van der Waals surface area contributed by atoms with Gasteiger partial charge in [0, 0.05) is 23.7 Å². The van der Waals surface area contributed by atoms with Crippen LogP contribution in [0.2, 0.25) is 5.02 Å². The van der Waals surface area contributed by atoms with Crippen molar-refractivity contribution in [1.82, 2.24) is 9.29 Å². The Morgan fingerprint density at radius 1 is 1.23 bits per heavy atom. The number of hydrogen-bond acceptors (Lipinski definition) is 7. The Labute approximate surface area is 183 Å². The summed E-state index contributed by atoms with van der Waals surface area (Å²) >= 11 is 7.08. The van der Waals surface area contributed by atoms with Gasteiger partial charge in [0.1, 0.15) is 4.21 Å². The van der Waals surface area contributed by atoms with Crippen LogP contribution in [0.5, 0.6) is 0 Å². The van der Waals surface area contributed by atoms with E-state index in [1.165, 1.54) is 15.6 Å². The highest BCUT2D eigenvalue weighted by atomic mass is 35.5. The van der Waals surface area contributed by atoms with Crippen molar-refractivity contribution in [2.75, 3.05) is 13.1 Å². The van der Waals surface area contributed by atoms with Gasteiger partial charge in [-0.1, -0.05) is 17.7 Å². The number of ether oxygens (including phenoxy) is 1. The van der Waals surface area contributed by atoms with Crippen LogP contribution in [0.1, 0.15) is 18.7 Å². The molecule has 0 spiro atoms. The second-order valence-electron chi connectivity index (χ2n) is 6.84. The number of carbonyl (C=O) groups excluding carboxylic acids is 1. The van der Waals surface area contributed by atoms with Crippen molar-refractivity contribution in [3.63, 3.8) is 0 Å².